The van der Waals surface area contributed by atoms with Gasteiger partial charge in [0.05, 0.1) is 24.3 Å². The van der Waals surface area contributed by atoms with E-state index in [2.05, 4.69) is 5.32 Å². The number of phenolic OH excluding ortho intramolecular Hbond substituents is 1. The van der Waals surface area contributed by atoms with E-state index < -0.39 is 11.7 Å². The highest BCUT2D eigenvalue weighted by atomic mass is 16.5. The molecule has 0 spiro atoms. The lowest BCUT2D eigenvalue weighted by Gasteiger charge is -2.11. The van der Waals surface area contributed by atoms with Gasteiger partial charge < -0.3 is 24.3 Å². The molecule has 1 aromatic heterocycles. The van der Waals surface area contributed by atoms with Crippen LogP contribution in [0.2, 0.25) is 0 Å². The number of ether oxygens (including phenoxy) is 2. The Balaban J connectivity index is 1.83. The quantitative estimate of drug-likeness (QED) is 0.662. The van der Waals surface area contributed by atoms with E-state index in [9.17, 15) is 14.7 Å². The lowest BCUT2D eigenvalue weighted by Crippen LogP contribution is -2.34. The lowest BCUT2D eigenvalue weighted by molar-refractivity contribution is 0.0853. The summed E-state index contributed by atoms with van der Waals surface area (Å²) in [6, 6.07) is 5.53. The van der Waals surface area contributed by atoms with E-state index in [1.54, 1.807) is 0 Å². The number of ketones is 1. The van der Waals surface area contributed by atoms with Crippen molar-refractivity contribution in [3.63, 3.8) is 0 Å². The van der Waals surface area contributed by atoms with Crippen LogP contribution in [-0.4, -0.2) is 43.2 Å². The van der Waals surface area contributed by atoms with E-state index in [1.807, 2.05) is 0 Å². The topological polar surface area (TPSA) is 122 Å². The molecule has 2 heterocycles. The molecule has 3 rings (SSSR count). The monoisotopic (exact) mass is 372 g/mol. The molecule has 0 aliphatic carbocycles. The van der Waals surface area contributed by atoms with E-state index in [1.165, 1.54) is 31.4 Å². The smallest absolute Gasteiger partial charge is 0.256 e. The van der Waals surface area contributed by atoms with Crippen molar-refractivity contribution in [1.29, 1.82) is 5.41 Å². The summed E-state index contributed by atoms with van der Waals surface area (Å²) in [7, 11) is 1.45. The number of phenols is 1. The van der Waals surface area contributed by atoms with Gasteiger partial charge in [-0.25, -0.2) is 0 Å². The second kappa shape index (κ2) is 8.05. The highest BCUT2D eigenvalue weighted by molar-refractivity contribution is 6.11. The first kappa shape index (κ1) is 18.7. The van der Waals surface area contributed by atoms with Crippen molar-refractivity contribution in [3.8, 4) is 11.5 Å². The zero-order valence-electron chi connectivity index (χ0n) is 14.8. The number of methoxy groups -OCH3 is 1. The summed E-state index contributed by atoms with van der Waals surface area (Å²) in [5, 5.41) is 20.5. The second-order valence-corrected chi connectivity index (χ2v) is 6.14. The molecule has 1 fully saturated rings. The first-order valence-electron chi connectivity index (χ1n) is 8.48. The first-order chi connectivity index (χ1) is 13.0. The molecule has 1 aromatic carbocycles. The maximum atomic E-state index is 12.7. The van der Waals surface area contributed by atoms with Crippen molar-refractivity contribution in [2.45, 2.75) is 18.9 Å². The second-order valence-electron chi connectivity index (χ2n) is 6.14. The van der Waals surface area contributed by atoms with Crippen LogP contribution in [0.15, 0.2) is 34.9 Å². The molecular weight excluding hydrogens is 352 g/mol. The van der Waals surface area contributed by atoms with Crippen LogP contribution in [0.1, 0.15) is 39.1 Å². The number of nitrogens with one attached hydrogen (secondary N) is 2. The van der Waals surface area contributed by atoms with Crippen LogP contribution < -0.4 is 15.6 Å². The van der Waals surface area contributed by atoms with Crippen LogP contribution in [0.4, 0.5) is 0 Å². The van der Waals surface area contributed by atoms with Crippen molar-refractivity contribution in [3.05, 3.63) is 52.8 Å². The minimum atomic E-state index is -0.552. The molecule has 27 heavy (non-hydrogen) atoms. The fourth-order valence-electron chi connectivity index (χ4n) is 2.82. The first-order valence-corrected chi connectivity index (χ1v) is 8.48. The number of carbonyl (C=O) groups is 2. The molecule has 3 N–H and O–H groups in total. The van der Waals surface area contributed by atoms with E-state index in [0.717, 1.165) is 19.1 Å². The Labute approximate surface area is 155 Å². The molecule has 142 valence electrons. The number of hydrogen-bond donors (Lipinski definition) is 3. The minimum absolute atomic E-state index is 0.00740. The number of rotatable bonds is 6. The summed E-state index contributed by atoms with van der Waals surface area (Å²) in [5.41, 5.74) is -0.377. The van der Waals surface area contributed by atoms with Gasteiger partial charge in [0.15, 0.2) is 5.78 Å². The molecule has 0 bridgehead atoms. The van der Waals surface area contributed by atoms with Crippen molar-refractivity contribution in [1.82, 2.24) is 5.32 Å². The third-order valence-corrected chi connectivity index (χ3v) is 4.32. The number of hydrogen-bond acceptors (Lipinski definition) is 7. The van der Waals surface area contributed by atoms with Crippen LogP contribution in [0, 0.1) is 5.41 Å². The fourth-order valence-corrected chi connectivity index (χ4v) is 2.82. The molecule has 1 unspecified atom stereocenters. The van der Waals surface area contributed by atoms with E-state index in [4.69, 9.17) is 19.3 Å². The molecule has 1 amide bonds. The number of benzene rings is 1. The third kappa shape index (κ3) is 4.17. The van der Waals surface area contributed by atoms with E-state index >= 15 is 0 Å². The average Bonchev–Trinajstić information content (AvgIpc) is 3.20. The third-order valence-electron chi connectivity index (χ3n) is 4.32. The Morgan fingerprint density at radius 3 is 2.85 bits per heavy atom. The Morgan fingerprint density at radius 2 is 2.15 bits per heavy atom. The maximum Gasteiger partial charge on any atom is 0.256 e. The van der Waals surface area contributed by atoms with E-state index in [0.29, 0.717) is 18.9 Å². The summed E-state index contributed by atoms with van der Waals surface area (Å²) >= 11 is 0. The average molecular weight is 372 g/mol. The van der Waals surface area contributed by atoms with Gasteiger partial charge in [-0.15, -0.1) is 0 Å². The number of aromatic hydroxyl groups is 1. The molecule has 1 aliphatic rings. The van der Waals surface area contributed by atoms with Crippen molar-refractivity contribution in [2.75, 3.05) is 20.3 Å². The predicted octanol–water partition coefficient (Wildman–Crippen LogP) is 1.61. The molecule has 0 saturated carbocycles. The Bertz CT molecular complexity index is 915. The van der Waals surface area contributed by atoms with Crippen LogP contribution >= 0.6 is 0 Å². The summed E-state index contributed by atoms with van der Waals surface area (Å²) in [5.74, 6) is -0.896. The van der Waals surface area contributed by atoms with Gasteiger partial charge in [0.2, 0.25) is 5.55 Å². The van der Waals surface area contributed by atoms with Gasteiger partial charge in [-0.3, -0.25) is 15.0 Å². The normalized spacial score (nSPS) is 16.1. The van der Waals surface area contributed by atoms with Crippen LogP contribution in [0.5, 0.6) is 11.5 Å². The van der Waals surface area contributed by atoms with Gasteiger partial charge in [-0.05, 0) is 37.1 Å². The zero-order valence-corrected chi connectivity index (χ0v) is 14.8. The summed E-state index contributed by atoms with van der Waals surface area (Å²) in [4.78, 5) is 25.1. The van der Waals surface area contributed by atoms with Crippen LogP contribution in [-0.2, 0) is 4.74 Å². The highest BCUT2D eigenvalue weighted by Gasteiger charge is 2.21. The minimum Gasteiger partial charge on any atom is -0.507 e. The Morgan fingerprint density at radius 1 is 1.33 bits per heavy atom. The summed E-state index contributed by atoms with van der Waals surface area (Å²) < 4.78 is 15.6. The van der Waals surface area contributed by atoms with Gasteiger partial charge >= 0.3 is 0 Å². The molecule has 1 atom stereocenters. The van der Waals surface area contributed by atoms with E-state index in [-0.39, 0.29) is 34.1 Å². The Kier molecular flexibility index (Phi) is 5.56. The molecule has 2 aromatic rings. The van der Waals surface area contributed by atoms with Crippen LogP contribution in [0.25, 0.3) is 0 Å². The van der Waals surface area contributed by atoms with Crippen molar-refractivity contribution in [2.24, 2.45) is 0 Å². The standard InChI is InChI=1S/C19H20N2O6/c1-25-12-4-5-16(22)14(8-12)17(23)11-7-15(18(20)27-10-11)19(24)21-9-13-3-2-6-26-13/h4-5,7-8,10,13,20,22H,2-3,6,9H2,1H3,(H,21,24). The highest BCUT2D eigenvalue weighted by Crippen LogP contribution is 2.25. The van der Waals surface area contributed by atoms with Gasteiger partial charge in [-0.2, -0.15) is 0 Å². The summed E-state index contributed by atoms with van der Waals surface area (Å²) in [6.45, 7) is 1.00. The van der Waals surface area contributed by atoms with Gasteiger partial charge in [-0.1, -0.05) is 0 Å². The molecule has 8 heteroatoms. The van der Waals surface area contributed by atoms with Gasteiger partial charge in [0.25, 0.3) is 5.91 Å². The van der Waals surface area contributed by atoms with Crippen molar-refractivity contribution >= 4 is 11.7 Å². The Hall–Kier alpha value is -3.13. The van der Waals surface area contributed by atoms with Crippen LogP contribution in [0.3, 0.4) is 0 Å². The van der Waals surface area contributed by atoms with Gasteiger partial charge in [0.1, 0.15) is 23.3 Å². The largest absolute Gasteiger partial charge is 0.507 e. The van der Waals surface area contributed by atoms with Crippen molar-refractivity contribution < 1.29 is 28.6 Å². The molecular formula is C19H20N2O6. The SMILES string of the molecule is COc1ccc(O)c(C(=O)c2coc(=N)c(C(=O)NCC3CCCO3)c2)c1. The lowest BCUT2D eigenvalue weighted by atomic mass is 10.0. The maximum absolute atomic E-state index is 12.7. The molecule has 1 aliphatic heterocycles. The zero-order chi connectivity index (χ0) is 19.4. The number of amides is 1. The fraction of sp³-hybridized carbons (Fsp3) is 0.316. The molecule has 1 saturated heterocycles. The molecule has 0 radical (unpaired) electrons. The predicted molar refractivity (Wildman–Crippen MR) is 94.0 cm³/mol. The molecule has 8 nitrogen and oxygen atoms in total. The van der Waals surface area contributed by atoms with Gasteiger partial charge in [0, 0.05) is 13.2 Å². The number of carbonyl (C=O) groups excluding carboxylic acids is 2. The summed E-state index contributed by atoms with van der Waals surface area (Å²) in [6.07, 6.45) is 2.86.